The first-order chi connectivity index (χ1) is 30.9. The van der Waals surface area contributed by atoms with Gasteiger partial charge in [0.05, 0.1) is 39.2 Å². The van der Waals surface area contributed by atoms with E-state index in [9.17, 15) is 0 Å². The van der Waals surface area contributed by atoms with E-state index < -0.39 is 23.5 Å². The van der Waals surface area contributed by atoms with Crippen molar-refractivity contribution in [2.24, 2.45) is 0 Å². The molecule has 2 heterocycles. The number of rotatable bonds is 7. The van der Waals surface area contributed by atoms with Gasteiger partial charge in [-0.1, -0.05) is 151 Å². The number of fused-ring (bicyclic) bond motifs is 3. The maximum Gasteiger partial charge on any atom is 0.417 e. The van der Waals surface area contributed by atoms with Crippen molar-refractivity contribution in [3.05, 3.63) is 211 Å². The van der Waals surface area contributed by atoms with E-state index in [0.29, 0.717) is 39.4 Å². The molecule has 10 rings (SSSR count). The Hall–Kier alpha value is -7.78. The van der Waals surface area contributed by atoms with Crippen molar-refractivity contribution in [1.29, 1.82) is 0 Å². The smallest absolute Gasteiger partial charge is 0.308 e. The predicted molar refractivity (Wildman–Crippen MR) is 244 cm³/mol. The summed E-state index contributed by atoms with van der Waals surface area (Å²) in [6, 6.07) is 55.3. The van der Waals surface area contributed by atoms with Crippen molar-refractivity contribution in [3.8, 4) is 73.0 Å². The summed E-state index contributed by atoms with van der Waals surface area (Å²) >= 11 is 0. The molecule has 0 spiro atoms. The molecule has 0 bridgehead atoms. The summed E-state index contributed by atoms with van der Waals surface area (Å²) < 4.78 is 93.7. The third-order valence-electron chi connectivity index (χ3n) is 11.5. The molecule has 0 atom stereocenters. The first-order valence-electron chi connectivity index (χ1n) is 20.5. The second kappa shape index (κ2) is 15.8. The standard InChI is InChI=1S/C55H35F6N3/c1-34-15-14-20-37(29-34)38-27-28-51-43(30-38)42-23-10-13-26-50(42)64(51)52-44(40-21-8-11-24-46(40)54(56,57)58)31-39(32-45(52)41-22-9-12-25-47(41)55(59,60)61)49-33-48(35-16-4-2-5-17-35)62-53(63-49)36-18-6-3-7-19-36/h2-33H,1H3. The highest BCUT2D eigenvalue weighted by Crippen LogP contribution is 2.49. The van der Waals surface area contributed by atoms with Gasteiger partial charge in [0.25, 0.3) is 0 Å². The molecular formula is C55H35F6N3. The van der Waals surface area contributed by atoms with Crippen LogP contribution in [0.25, 0.3) is 94.8 Å². The highest BCUT2D eigenvalue weighted by molar-refractivity contribution is 6.12. The molecule has 0 radical (unpaired) electrons. The molecule has 9 heteroatoms. The molecule has 10 aromatic rings. The van der Waals surface area contributed by atoms with E-state index >= 15 is 26.3 Å². The van der Waals surface area contributed by atoms with Gasteiger partial charge in [-0.05, 0) is 77.7 Å². The third-order valence-corrected chi connectivity index (χ3v) is 11.5. The second-order valence-corrected chi connectivity index (χ2v) is 15.7. The minimum absolute atomic E-state index is 0.0592. The number of hydrogen-bond donors (Lipinski definition) is 0. The number of alkyl halides is 6. The summed E-state index contributed by atoms with van der Waals surface area (Å²) in [4.78, 5) is 9.89. The first-order valence-corrected chi connectivity index (χ1v) is 20.5. The van der Waals surface area contributed by atoms with Gasteiger partial charge in [-0.25, -0.2) is 9.97 Å². The maximum atomic E-state index is 15.3. The van der Waals surface area contributed by atoms with Crippen LogP contribution in [0.2, 0.25) is 0 Å². The van der Waals surface area contributed by atoms with Gasteiger partial charge in [0.1, 0.15) is 0 Å². The lowest BCUT2D eigenvalue weighted by atomic mass is 9.88. The lowest BCUT2D eigenvalue weighted by Crippen LogP contribution is -2.11. The summed E-state index contributed by atoms with van der Waals surface area (Å²) in [6.07, 6.45) is -9.65. The average molecular weight is 852 g/mol. The number of nitrogens with zero attached hydrogens (tertiary/aromatic N) is 3. The largest absolute Gasteiger partial charge is 0.417 e. The van der Waals surface area contributed by atoms with E-state index in [4.69, 9.17) is 9.97 Å². The molecule has 0 unspecified atom stereocenters. The van der Waals surface area contributed by atoms with Crippen LogP contribution in [0, 0.1) is 6.92 Å². The summed E-state index contributed by atoms with van der Waals surface area (Å²) in [6.45, 7) is 2.00. The summed E-state index contributed by atoms with van der Waals surface area (Å²) in [5.41, 5.74) is 4.66. The van der Waals surface area contributed by atoms with Crippen molar-refractivity contribution in [3.63, 3.8) is 0 Å². The molecule has 8 aromatic carbocycles. The molecule has 0 N–H and O–H groups in total. The van der Waals surface area contributed by atoms with Gasteiger partial charge >= 0.3 is 12.4 Å². The highest BCUT2D eigenvalue weighted by Gasteiger charge is 2.37. The Kier molecular flexibility index (Phi) is 9.98. The van der Waals surface area contributed by atoms with Crippen LogP contribution in [0.15, 0.2) is 194 Å². The van der Waals surface area contributed by atoms with Crippen molar-refractivity contribution < 1.29 is 26.3 Å². The van der Waals surface area contributed by atoms with Crippen molar-refractivity contribution in [2.75, 3.05) is 0 Å². The van der Waals surface area contributed by atoms with Crippen LogP contribution in [0.5, 0.6) is 0 Å². The Bertz CT molecular complexity index is 3230. The number of hydrogen-bond acceptors (Lipinski definition) is 2. The molecule has 312 valence electrons. The molecule has 0 aliphatic rings. The fourth-order valence-electron chi connectivity index (χ4n) is 8.65. The second-order valence-electron chi connectivity index (χ2n) is 15.7. The van der Waals surface area contributed by atoms with Gasteiger partial charge in [0, 0.05) is 38.6 Å². The Morgan fingerprint density at radius 3 is 1.48 bits per heavy atom. The van der Waals surface area contributed by atoms with E-state index in [2.05, 4.69) is 6.07 Å². The van der Waals surface area contributed by atoms with Gasteiger partial charge in [0.2, 0.25) is 0 Å². The average Bonchev–Trinajstić information content (AvgIpc) is 3.64. The molecule has 0 saturated carbocycles. The summed E-state index contributed by atoms with van der Waals surface area (Å²) in [5.74, 6) is 0.335. The van der Waals surface area contributed by atoms with Crippen molar-refractivity contribution >= 4 is 21.8 Å². The van der Waals surface area contributed by atoms with Gasteiger partial charge < -0.3 is 4.57 Å². The van der Waals surface area contributed by atoms with Gasteiger partial charge in [-0.15, -0.1) is 0 Å². The van der Waals surface area contributed by atoms with Crippen LogP contribution >= 0.6 is 0 Å². The van der Waals surface area contributed by atoms with Crippen LogP contribution in [0.1, 0.15) is 16.7 Å². The zero-order valence-corrected chi connectivity index (χ0v) is 34.1. The fraction of sp³-hybridized carbons (Fsp3) is 0.0545. The summed E-state index contributed by atoms with van der Waals surface area (Å²) in [5, 5.41) is 1.55. The van der Waals surface area contributed by atoms with Gasteiger partial charge in [0.15, 0.2) is 5.82 Å². The van der Waals surface area contributed by atoms with Crippen molar-refractivity contribution in [1.82, 2.24) is 14.5 Å². The lowest BCUT2D eigenvalue weighted by molar-refractivity contribution is -0.137. The number of aryl methyl sites for hydroxylation is 1. The molecular weight excluding hydrogens is 817 g/mol. The number of benzene rings is 8. The quantitative estimate of drug-likeness (QED) is 0.150. The minimum atomic E-state index is -4.83. The third kappa shape index (κ3) is 7.38. The predicted octanol–water partition coefficient (Wildman–Crippen LogP) is 15.9. The zero-order valence-electron chi connectivity index (χ0n) is 34.1. The van der Waals surface area contributed by atoms with Crippen LogP contribution < -0.4 is 0 Å². The van der Waals surface area contributed by atoms with E-state index in [-0.39, 0.29) is 27.9 Å². The lowest BCUT2D eigenvalue weighted by Gasteiger charge is -2.24. The van der Waals surface area contributed by atoms with Crippen LogP contribution in [0.4, 0.5) is 26.3 Å². The first kappa shape index (κ1) is 40.3. The monoisotopic (exact) mass is 851 g/mol. The van der Waals surface area contributed by atoms with E-state index in [1.54, 1.807) is 18.2 Å². The minimum Gasteiger partial charge on any atom is -0.308 e. The molecule has 0 saturated heterocycles. The van der Waals surface area contributed by atoms with Crippen LogP contribution in [0.3, 0.4) is 0 Å². The number of aromatic nitrogens is 3. The Morgan fingerprint density at radius 1 is 0.375 bits per heavy atom. The molecule has 0 aliphatic carbocycles. The van der Waals surface area contributed by atoms with Gasteiger partial charge in [-0.2, -0.15) is 26.3 Å². The normalized spacial score (nSPS) is 12.0. The number of halogens is 6. The van der Waals surface area contributed by atoms with E-state index in [0.717, 1.165) is 45.2 Å². The zero-order chi connectivity index (χ0) is 44.2. The number of para-hydroxylation sites is 1. The topological polar surface area (TPSA) is 30.7 Å². The van der Waals surface area contributed by atoms with Crippen LogP contribution in [-0.4, -0.2) is 14.5 Å². The van der Waals surface area contributed by atoms with Gasteiger partial charge in [-0.3, -0.25) is 0 Å². The Morgan fingerprint density at radius 2 is 0.875 bits per heavy atom. The maximum absolute atomic E-state index is 15.3. The summed E-state index contributed by atoms with van der Waals surface area (Å²) in [7, 11) is 0. The molecule has 3 nitrogen and oxygen atoms in total. The van der Waals surface area contributed by atoms with E-state index in [1.807, 2.05) is 133 Å². The highest BCUT2D eigenvalue weighted by atomic mass is 19.4. The van der Waals surface area contributed by atoms with E-state index in [1.165, 1.54) is 36.4 Å². The molecule has 2 aromatic heterocycles. The Labute approximate surface area is 364 Å². The molecule has 64 heavy (non-hydrogen) atoms. The molecule has 0 fully saturated rings. The Balaban J connectivity index is 1.37. The van der Waals surface area contributed by atoms with Crippen LogP contribution in [-0.2, 0) is 12.4 Å². The van der Waals surface area contributed by atoms with Crippen molar-refractivity contribution in [2.45, 2.75) is 19.3 Å². The SMILES string of the molecule is Cc1cccc(-c2ccc3c(c2)c2ccccc2n3-c2c(-c3ccccc3C(F)(F)F)cc(-c3cc(-c4ccccc4)nc(-c4ccccc4)n3)cc2-c2ccccc2C(F)(F)F)c1. The molecule has 0 aliphatic heterocycles. The molecule has 0 amide bonds. The fourth-order valence-corrected chi connectivity index (χ4v) is 8.65.